The fourth-order valence-corrected chi connectivity index (χ4v) is 2.76. The topological polar surface area (TPSA) is 68.3 Å². The first kappa shape index (κ1) is 16.8. The van der Waals surface area contributed by atoms with Gasteiger partial charge in [-0.05, 0) is 67.4 Å². The highest BCUT2D eigenvalue weighted by molar-refractivity contribution is 6.02. The van der Waals surface area contributed by atoms with Crippen LogP contribution in [0.4, 0.5) is 5.69 Å². The van der Waals surface area contributed by atoms with E-state index < -0.39 is 0 Å². The van der Waals surface area contributed by atoms with Crippen molar-refractivity contribution in [2.45, 2.75) is 13.8 Å². The number of oxazole rings is 1. The van der Waals surface area contributed by atoms with E-state index in [1.54, 1.807) is 24.5 Å². The van der Waals surface area contributed by atoms with Gasteiger partial charge in [0.25, 0.3) is 0 Å². The van der Waals surface area contributed by atoms with E-state index in [4.69, 9.17) is 8.83 Å². The molecule has 2 aromatic carbocycles. The highest BCUT2D eigenvalue weighted by atomic mass is 16.3. The Morgan fingerprint density at radius 3 is 2.81 bits per heavy atom. The Hall–Kier alpha value is -3.60. The molecule has 0 saturated heterocycles. The lowest BCUT2D eigenvalue weighted by Crippen LogP contribution is -2.09. The molecule has 27 heavy (non-hydrogen) atoms. The van der Waals surface area contributed by atoms with Crippen LogP contribution in [0.15, 0.2) is 69.7 Å². The number of furan rings is 1. The fourth-order valence-electron chi connectivity index (χ4n) is 2.76. The summed E-state index contributed by atoms with van der Waals surface area (Å²) in [5, 5.41) is 2.89. The zero-order chi connectivity index (χ0) is 18.8. The zero-order valence-electron chi connectivity index (χ0n) is 15.0. The van der Waals surface area contributed by atoms with Crippen LogP contribution in [0.25, 0.3) is 28.6 Å². The van der Waals surface area contributed by atoms with Crippen molar-refractivity contribution >= 4 is 28.8 Å². The molecular weight excluding hydrogens is 340 g/mol. The first-order chi connectivity index (χ1) is 13.1. The van der Waals surface area contributed by atoms with Crippen LogP contribution in [0.2, 0.25) is 0 Å². The van der Waals surface area contributed by atoms with Crippen LogP contribution in [0.5, 0.6) is 0 Å². The molecule has 4 rings (SSSR count). The van der Waals surface area contributed by atoms with Crippen LogP contribution in [-0.2, 0) is 4.79 Å². The van der Waals surface area contributed by atoms with E-state index in [2.05, 4.69) is 10.3 Å². The number of benzene rings is 2. The number of nitrogens with one attached hydrogen (secondary N) is 1. The summed E-state index contributed by atoms with van der Waals surface area (Å²) in [6, 6.07) is 15.2. The van der Waals surface area contributed by atoms with Crippen molar-refractivity contribution in [3.05, 3.63) is 77.8 Å². The molecule has 0 radical (unpaired) electrons. The number of aromatic nitrogens is 1. The van der Waals surface area contributed by atoms with E-state index in [1.807, 2.05) is 50.2 Å². The maximum atomic E-state index is 12.2. The maximum absolute atomic E-state index is 12.2. The van der Waals surface area contributed by atoms with Gasteiger partial charge in [0.1, 0.15) is 11.3 Å². The van der Waals surface area contributed by atoms with Gasteiger partial charge in [0.05, 0.1) is 6.26 Å². The van der Waals surface area contributed by atoms with Crippen LogP contribution in [0.3, 0.4) is 0 Å². The van der Waals surface area contributed by atoms with Crippen LogP contribution in [0, 0.1) is 13.8 Å². The minimum Gasteiger partial charge on any atom is -0.465 e. The Bertz CT molecular complexity index is 1140. The van der Waals surface area contributed by atoms with E-state index >= 15 is 0 Å². The molecule has 1 N–H and O–H groups in total. The molecule has 0 fully saturated rings. The van der Waals surface area contributed by atoms with Crippen LogP contribution >= 0.6 is 0 Å². The number of hydrogen-bond acceptors (Lipinski definition) is 4. The van der Waals surface area contributed by atoms with Crippen LogP contribution < -0.4 is 5.32 Å². The van der Waals surface area contributed by atoms with Gasteiger partial charge < -0.3 is 14.2 Å². The molecule has 5 heteroatoms. The van der Waals surface area contributed by atoms with Gasteiger partial charge in [-0.2, -0.15) is 0 Å². The van der Waals surface area contributed by atoms with Gasteiger partial charge in [0.2, 0.25) is 11.8 Å². The minimum absolute atomic E-state index is 0.236. The molecule has 0 aliphatic carbocycles. The van der Waals surface area contributed by atoms with Crippen molar-refractivity contribution in [3.8, 4) is 11.5 Å². The molecule has 2 heterocycles. The van der Waals surface area contributed by atoms with E-state index in [0.29, 0.717) is 17.3 Å². The number of anilines is 1. The molecule has 134 valence electrons. The molecule has 0 spiro atoms. The third-order valence-electron chi connectivity index (χ3n) is 4.23. The molecule has 0 unspecified atom stereocenters. The molecule has 4 aromatic rings. The van der Waals surface area contributed by atoms with E-state index in [9.17, 15) is 4.79 Å². The number of fused-ring (bicyclic) bond motifs is 1. The Kier molecular flexibility index (Phi) is 4.34. The summed E-state index contributed by atoms with van der Waals surface area (Å²) in [4.78, 5) is 16.7. The summed E-state index contributed by atoms with van der Waals surface area (Å²) >= 11 is 0. The number of carbonyl (C=O) groups excluding carboxylic acids is 1. The maximum Gasteiger partial charge on any atom is 0.248 e. The van der Waals surface area contributed by atoms with Gasteiger partial charge in [-0.1, -0.05) is 12.1 Å². The Balaban J connectivity index is 1.59. The SMILES string of the molecule is Cc1ccc2nc(-c3ccc(C)c(NC(=O)/C=C/c4ccco4)c3)oc2c1. The predicted octanol–water partition coefficient (Wildman–Crippen LogP) is 5.36. The largest absolute Gasteiger partial charge is 0.465 e. The molecular formula is C22H18N2O3. The van der Waals surface area contributed by atoms with Crippen LogP contribution in [-0.4, -0.2) is 10.9 Å². The van der Waals surface area contributed by atoms with Gasteiger partial charge in [0.15, 0.2) is 5.58 Å². The molecule has 1 amide bonds. The molecule has 0 atom stereocenters. The molecule has 5 nitrogen and oxygen atoms in total. The normalized spacial score (nSPS) is 11.3. The Morgan fingerprint density at radius 2 is 2.00 bits per heavy atom. The summed E-state index contributed by atoms with van der Waals surface area (Å²) in [6.07, 6.45) is 4.62. The van der Waals surface area contributed by atoms with E-state index in [0.717, 1.165) is 27.8 Å². The van der Waals surface area contributed by atoms with E-state index in [-0.39, 0.29) is 5.91 Å². The minimum atomic E-state index is -0.236. The third kappa shape index (κ3) is 3.67. The molecule has 0 bridgehead atoms. The number of nitrogens with zero attached hydrogens (tertiary/aromatic N) is 1. The standard InChI is InChI=1S/C22H18N2O3/c1-14-5-9-18-20(12-14)27-22(24-18)16-7-6-15(2)19(13-16)23-21(25)10-8-17-4-3-11-26-17/h3-13H,1-2H3,(H,23,25)/b10-8+. The quantitative estimate of drug-likeness (QED) is 0.499. The van der Waals surface area contributed by atoms with E-state index in [1.165, 1.54) is 6.08 Å². The van der Waals surface area contributed by atoms with Crippen molar-refractivity contribution in [2.75, 3.05) is 5.32 Å². The first-order valence-electron chi connectivity index (χ1n) is 8.59. The number of aryl methyl sites for hydroxylation is 2. The Morgan fingerprint density at radius 1 is 1.11 bits per heavy atom. The fraction of sp³-hybridized carbons (Fsp3) is 0.0909. The lowest BCUT2D eigenvalue weighted by Gasteiger charge is -2.07. The molecule has 0 aliphatic rings. The summed E-state index contributed by atoms with van der Waals surface area (Å²) in [5.74, 6) is 0.912. The van der Waals surface area contributed by atoms with Crippen molar-refractivity contribution in [3.63, 3.8) is 0 Å². The highest BCUT2D eigenvalue weighted by Gasteiger charge is 2.11. The zero-order valence-corrected chi connectivity index (χ0v) is 15.0. The van der Waals surface area contributed by atoms with Crippen LogP contribution in [0.1, 0.15) is 16.9 Å². The van der Waals surface area contributed by atoms with Crippen molar-refractivity contribution in [1.29, 1.82) is 0 Å². The molecule has 2 aromatic heterocycles. The second-order valence-corrected chi connectivity index (χ2v) is 6.36. The van der Waals surface area contributed by atoms with Crippen molar-refractivity contribution < 1.29 is 13.6 Å². The average molecular weight is 358 g/mol. The summed E-state index contributed by atoms with van der Waals surface area (Å²) < 4.78 is 11.1. The summed E-state index contributed by atoms with van der Waals surface area (Å²) in [5.41, 5.74) is 5.14. The van der Waals surface area contributed by atoms with Crippen molar-refractivity contribution in [1.82, 2.24) is 4.98 Å². The van der Waals surface area contributed by atoms with Crippen molar-refractivity contribution in [2.24, 2.45) is 0 Å². The average Bonchev–Trinajstić information content (AvgIpc) is 3.31. The van der Waals surface area contributed by atoms with Gasteiger partial charge in [-0.15, -0.1) is 0 Å². The monoisotopic (exact) mass is 358 g/mol. The highest BCUT2D eigenvalue weighted by Crippen LogP contribution is 2.28. The van der Waals surface area contributed by atoms with Gasteiger partial charge in [0, 0.05) is 17.3 Å². The molecule has 0 aliphatic heterocycles. The number of rotatable bonds is 4. The number of carbonyl (C=O) groups is 1. The Labute approximate surface area is 156 Å². The van der Waals surface area contributed by atoms with Gasteiger partial charge >= 0.3 is 0 Å². The summed E-state index contributed by atoms with van der Waals surface area (Å²) in [7, 11) is 0. The molecule has 0 saturated carbocycles. The second kappa shape index (κ2) is 6.96. The second-order valence-electron chi connectivity index (χ2n) is 6.36. The first-order valence-corrected chi connectivity index (χ1v) is 8.59. The smallest absolute Gasteiger partial charge is 0.248 e. The van der Waals surface area contributed by atoms with Gasteiger partial charge in [-0.3, -0.25) is 4.79 Å². The number of hydrogen-bond donors (Lipinski definition) is 1. The lowest BCUT2D eigenvalue weighted by atomic mass is 10.1. The van der Waals surface area contributed by atoms with Gasteiger partial charge in [-0.25, -0.2) is 4.98 Å². The summed E-state index contributed by atoms with van der Waals surface area (Å²) in [6.45, 7) is 3.95. The number of amides is 1. The third-order valence-corrected chi connectivity index (χ3v) is 4.23. The predicted molar refractivity (Wildman–Crippen MR) is 105 cm³/mol. The lowest BCUT2D eigenvalue weighted by molar-refractivity contribution is -0.111.